The smallest absolute Gasteiger partial charge is 0.350 e. The molecule has 0 spiro atoms. The summed E-state index contributed by atoms with van der Waals surface area (Å²) < 4.78 is 20.3. The minimum Gasteiger partial charge on any atom is -0.462 e. The lowest BCUT2D eigenvalue weighted by molar-refractivity contribution is 0.0531. The summed E-state index contributed by atoms with van der Waals surface area (Å²) in [6.07, 6.45) is 0. The first-order valence-corrected chi connectivity index (χ1v) is 10.6. The first-order valence-electron chi connectivity index (χ1n) is 9.41. The van der Waals surface area contributed by atoms with Crippen LogP contribution in [-0.4, -0.2) is 22.0 Å². The molecule has 0 saturated carbocycles. The number of nitrogens with one attached hydrogen (secondary N) is 1. The fraction of sp³-hybridized carbons (Fsp3) is 0.182. The fourth-order valence-electron chi connectivity index (χ4n) is 3.22. The molecule has 0 atom stereocenters. The lowest BCUT2D eigenvalue weighted by Gasteiger charge is -2.10. The number of benzene rings is 2. The van der Waals surface area contributed by atoms with Crippen molar-refractivity contribution in [2.24, 2.45) is 0 Å². The van der Waals surface area contributed by atoms with E-state index in [4.69, 9.17) is 21.3 Å². The van der Waals surface area contributed by atoms with Crippen LogP contribution in [0.5, 0.6) is 0 Å². The molecule has 154 valence electrons. The van der Waals surface area contributed by atoms with Gasteiger partial charge in [-0.15, -0.1) is 0 Å². The normalized spacial score (nSPS) is 11.1. The van der Waals surface area contributed by atoms with Gasteiger partial charge in [-0.2, -0.15) is 0 Å². The van der Waals surface area contributed by atoms with Crippen LogP contribution in [0.3, 0.4) is 0 Å². The Labute approximate surface area is 182 Å². The van der Waals surface area contributed by atoms with E-state index in [0.29, 0.717) is 28.0 Å². The molecule has 2 aromatic heterocycles. The van der Waals surface area contributed by atoms with Gasteiger partial charge in [-0.3, -0.25) is 4.40 Å². The number of imidazole rings is 1. The molecule has 30 heavy (non-hydrogen) atoms. The van der Waals surface area contributed by atoms with Crippen molar-refractivity contribution in [3.8, 4) is 11.3 Å². The molecule has 0 saturated heterocycles. The SMILES string of the molecule is CCOC(=O)c1sc2nc(-c3cccc(Cl)c3)c(NCc3ccc(F)cc3)n2c1C. The number of aryl methyl sites for hydroxylation is 1. The van der Waals surface area contributed by atoms with E-state index in [0.717, 1.165) is 28.3 Å². The van der Waals surface area contributed by atoms with Crippen molar-refractivity contribution in [2.75, 3.05) is 11.9 Å². The quantitative estimate of drug-likeness (QED) is 0.374. The molecular formula is C22H19ClFN3O2S. The number of fused-ring (bicyclic) bond motifs is 1. The average Bonchev–Trinajstić information content (AvgIpc) is 3.25. The highest BCUT2D eigenvalue weighted by Crippen LogP contribution is 2.35. The number of nitrogens with zero attached hydrogens (tertiary/aromatic N) is 2. The van der Waals surface area contributed by atoms with Gasteiger partial charge in [0.1, 0.15) is 22.2 Å². The van der Waals surface area contributed by atoms with Crippen molar-refractivity contribution >= 4 is 39.7 Å². The van der Waals surface area contributed by atoms with Crippen molar-refractivity contribution in [3.05, 3.63) is 75.5 Å². The summed E-state index contributed by atoms with van der Waals surface area (Å²) in [5.41, 5.74) is 3.25. The van der Waals surface area contributed by atoms with Crippen LogP contribution < -0.4 is 5.32 Å². The third-order valence-corrected chi connectivity index (χ3v) is 5.99. The zero-order valence-electron chi connectivity index (χ0n) is 16.4. The zero-order valence-corrected chi connectivity index (χ0v) is 18.0. The van der Waals surface area contributed by atoms with Crippen LogP contribution in [0.15, 0.2) is 48.5 Å². The van der Waals surface area contributed by atoms with Gasteiger partial charge in [0.15, 0.2) is 4.96 Å². The van der Waals surface area contributed by atoms with E-state index in [1.54, 1.807) is 25.1 Å². The number of carbonyl (C=O) groups excluding carboxylic acids is 1. The molecule has 0 fully saturated rings. The van der Waals surface area contributed by atoms with Gasteiger partial charge < -0.3 is 10.1 Å². The predicted molar refractivity (Wildman–Crippen MR) is 118 cm³/mol. The van der Waals surface area contributed by atoms with E-state index in [1.807, 2.05) is 29.5 Å². The molecule has 0 aliphatic heterocycles. The minimum absolute atomic E-state index is 0.280. The Balaban J connectivity index is 1.80. The maximum absolute atomic E-state index is 13.2. The van der Waals surface area contributed by atoms with E-state index in [2.05, 4.69) is 5.32 Å². The second-order valence-electron chi connectivity index (χ2n) is 6.65. The first-order chi connectivity index (χ1) is 14.5. The number of hydrogen-bond acceptors (Lipinski definition) is 5. The third kappa shape index (κ3) is 3.91. The van der Waals surface area contributed by atoms with Crippen LogP contribution in [0.1, 0.15) is 27.9 Å². The number of esters is 1. The highest BCUT2D eigenvalue weighted by atomic mass is 35.5. The van der Waals surface area contributed by atoms with Crippen LogP contribution in [0.25, 0.3) is 16.2 Å². The summed E-state index contributed by atoms with van der Waals surface area (Å²) in [6.45, 7) is 4.41. The van der Waals surface area contributed by atoms with Crippen molar-refractivity contribution in [1.29, 1.82) is 0 Å². The number of carbonyl (C=O) groups is 1. The van der Waals surface area contributed by atoms with Crippen LogP contribution in [0.2, 0.25) is 5.02 Å². The van der Waals surface area contributed by atoms with E-state index < -0.39 is 0 Å². The average molecular weight is 444 g/mol. The molecule has 0 unspecified atom stereocenters. The molecule has 2 aromatic carbocycles. The topological polar surface area (TPSA) is 55.6 Å². The van der Waals surface area contributed by atoms with E-state index in [9.17, 15) is 9.18 Å². The molecule has 5 nitrogen and oxygen atoms in total. The standard InChI is InChI=1S/C22H19ClFN3O2S/c1-3-29-21(28)19-13(2)27-20(25-12-14-7-9-17(24)10-8-14)18(26-22(27)30-19)15-5-4-6-16(23)11-15/h4-11,25H,3,12H2,1-2H3. The number of thiazole rings is 1. The number of rotatable bonds is 6. The molecule has 1 N–H and O–H groups in total. The Morgan fingerprint density at radius 2 is 2.03 bits per heavy atom. The van der Waals surface area contributed by atoms with Gasteiger partial charge in [0.2, 0.25) is 0 Å². The number of anilines is 1. The maximum atomic E-state index is 13.2. The highest BCUT2D eigenvalue weighted by molar-refractivity contribution is 7.19. The molecule has 4 aromatic rings. The maximum Gasteiger partial charge on any atom is 0.350 e. The van der Waals surface area contributed by atoms with Gasteiger partial charge in [0.05, 0.1) is 6.61 Å². The van der Waals surface area contributed by atoms with Crippen LogP contribution >= 0.6 is 22.9 Å². The van der Waals surface area contributed by atoms with Gasteiger partial charge >= 0.3 is 5.97 Å². The Morgan fingerprint density at radius 3 is 2.73 bits per heavy atom. The van der Waals surface area contributed by atoms with Gasteiger partial charge in [-0.05, 0) is 43.7 Å². The second kappa shape index (κ2) is 8.45. The van der Waals surface area contributed by atoms with Crippen molar-refractivity contribution in [1.82, 2.24) is 9.38 Å². The predicted octanol–water partition coefficient (Wildman–Crippen LogP) is 5.95. The second-order valence-corrected chi connectivity index (χ2v) is 8.07. The third-order valence-electron chi connectivity index (χ3n) is 4.64. The molecule has 0 bridgehead atoms. The Hall–Kier alpha value is -2.90. The summed E-state index contributed by atoms with van der Waals surface area (Å²) in [4.78, 5) is 18.3. The van der Waals surface area contributed by atoms with Crippen molar-refractivity contribution < 1.29 is 13.9 Å². The lowest BCUT2D eigenvalue weighted by Crippen LogP contribution is -2.07. The van der Waals surface area contributed by atoms with Gasteiger partial charge in [-0.1, -0.05) is 47.2 Å². The number of ether oxygens (including phenoxy) is 1. The van der Waals surface area contributed by atoms with E-state index in [1.165, 1.54) is 23.5 Å². The van der Waals surface area contributed by atoms with Gasteiger partial charge in [-0.25, -0.2) is 14.2 Å². The Kier molecular flexibility index (Phi) is 5.74. The number of halogens is 2. The monoisotopic (exact) mass is 443 g/mol. The molecule has 0 aliphatic carbocycles. The highest BCUT2D eigenvalue weighted by Gasteiger charge is 2.23. The molecule has 2 heterocycles. The molecule has 0 amide bonds. The summed E-state index contributed by atoms with van der Waals surface area (Å²) in [5.74, 6) is 0.0954. The zero-order chi connectivity index (χ0) is 21.3. The van der Waals surface area contributed by atoms with Gasteiger partial charge in [0, 0.05) is 22.8 Å². The summed E-state index contributed by atoms with van der Waals surface area (Å²) in [5, 5.41) is 4.01. The van der Waals surface area contributed by atoms with Gasteiger partial charge in [0.25, 0.3) is 0 Å². The lowest BCUT2D eigenvalue weighted by atomic mass is 10.1. The largest absolute Gasteiger partial charge is 0.462 e. The van der Waals surface area contributed by atoms with Crippen LogP contribution in [0.4, 0.5) is 10.2 Å². The minimum atomic E-state index is -0.362. The molecular weight excluding hydrogens is 425 g/mol. The van der Waals surface area contributed by atoms with E-state index >= 15 is 0 Å². The summed E-state index contributed by atoms with van der Waals surface area (Å²) in [6, 6.07) is 13.8. The van der Waals surface area contributed by atoms with Crippen molar-refractivity contribution in [3.63, 3.8) is 0 Å². The molecule has 8 heteroatoms. The molecule has 4 rings (SSSR count). The van der Waals surface area contributed by atoms with Crippen LogP contribution in [-0.2, 0) is 11.3 Å². The fourth-order valence-corrected chi connectivity index (χ4v) is 4.43. The Bertz CT molecular complexity index is 1220. The van der Waals surface area contributed by atoms with Crippen LogP contribution in [0, 0.1) is 12.7 Å². The molecule has 0 radical (unpaired) electrons. The van der Waals surface area contributed by atoms with E-state index in [-0.39, 0.29) is 11.8 Å². The van der Waals surface area contributed by atoms with Crippen molar-refractivity contribution in [2.45, 2.75) is 20.4 Å². The number of hydrogen-bond donors (Lipinski definition) is 1. The molecule has 0 aliphatic rings. The first kappa shape index (κ1) is 20.4. The number of aromatic nitrogens is 2. The Morgan fingerprint density at radius 1 is 1.27 bits per heavy atom. The summed E-state index contributed by atoms with van der Waals surface area (Å²) >= 11 is 7.48. The summed E-state index contributed by atoms with van der Waals surface area (Å²) in [7, 11) is 0.